The molecule has 0 aliphatic carbocycles. The van der Waals surface area contributed by atoms with Gasteiger partial charge in [-0.1, -0.05) is 12.1 Å². The fraction of sp³-hybridized carbons (Fsp3) is 0.467. The number of amides is 1. The Labute approximate surface area is 122 Å². The van der Waals surface area contributed by atoms with Gasteiger partial charge in [-0.15, -0.1) is 0 Å². The Kier molecular flexibility index (Phi) is 4.06. The smallest absolute Gasteiger partial charge is 0.407 e. The van der Waals surface area contributed by atoms with Gasteiger partial charge in [0.15, 0.2) is 0 Å². The Balaban J connectivity index is 2.32. The third-order valence-electron chi connectivity index (χ3n) is 4.25. The van der Waals surface area contributed by atoms with Gasteiger partial charge in [0.05, 0.1) is 12.5 Å². The molecule has 1 aliphatic rings. The second-order valence-corrected chi connectivity index (χ2v) is 5.54. The Morgan fingerprint density at radius 1 is 1.29 bits per heavy atom. The van der Waals surface area contributed by atoms with Crippen molar-refractivity contribution in [3.8, 4) is 5.75 Å². The van der Waals surface area contributed by atoms with Gasteiger partial charge in [-0.05, 0) is 31.0 Å². The van der Waals surface area contributed by atoms with Crippen LogP contribution in [0.2, 0.25) is 0 Å². The van der Waals surface area contributed by atoms with Crippen LogP contribution in [-0.2, 0) is 4.79 Å². The van der Waals surface area contributed by atoms with E-state index in [2.05, 4.69) is 0 Å². The van der Waals surface area contributed by atoms with Gasteiger partial charge in [0, 0.05) is 19.0 Å². The van der Waals surface area contributed by atoms with Gasteiger partial charge < -0.3 is 19.8 Å². The second kappa shape index (κ2) is 5.63. The first-order valence-electron chi connectivity index (χ1n) is 6.73. The number of carboxylic acids is 1. The third-order valence-corrected chi connectivity index (χ3v) is 4.25. The van der Waals surface area contributed by atoms with Gasteiger partial charge >= 0.3 is 12.1 Å². The molecule has 2 atom stereocenters. The Hall–Kier alpha value is -2.24. The van der Waals surface area contributed by atoms with Crippen molar-refractivity contribution < 1.29 is 24.5 Å². The van der Waals surface area contributed by atoms with E-state index in [0.29, 0.717) is 18.7 Å². The Bertz CT molecular complexity index is 541. The standard InChI is InChI=1S/C15H19NO5/c1-15(13(17)18)9-16(14(19)20)8-7-12(15)10-3-5-11(21-2)6-4-10/h3-6,12H,7-9H2,1-2H3,(H,17,18)(H,19,20)/t12-,15-/m0/s1. The summed E-state index contributed by atoms with van der Waals surface area (Å²) in [6.45, 7) is 1.95. The monoisotopic (exact) mass is 293 g/mol. The zero-order valence-corrected chi connectivity index (χ0v) is 12.1. The summed E-state index contributed by atoms with van der Waals surface area (Å²) < 4.78 is 5.10. The molecule has 21 heavy (non-hydrogen) atoms. The van der Waals surface area contributed by atoms with Crippen molar-refractivity contribution in [2.45, 2.75) is 19.3 Å². The molecular weight excluding hydrogens is 274 g/mol. The maximum absolute atomic E-state index is 11.7. The highest BCUT2D eigenvalue weighted by Gasteiger charge is 2.47. The van der Waals surface area contributed by atoms with Crippen LogP contribution >= 0.6 is 0 Å². The molecule has 6 nitrogen and oxygen atoms in total. The minimum atomic E-state index is -1.13. The number of ether oxygens (including phenoxy) is 1. The van der Waals surface area contributed by atoms with Crippen molar-refractivity contribution in [2.24, 2.45) is 5.41 Å². The molecule has 1 amide bonds. The van der Waals surface area contributed by atoms with Crippen LogP contribution in [0, 0.1) is 5.41 Å². The predicted octanol–water partition coefficient (Wildman–Crippen LogP) is 2.25. The lowest BCUT2D eigenvalue weighted by atomic mass is 9.69. The highest BCUT2D eigenvalue weighted by atomic mass is 16.5. The van der Waals surface area contributed by atoms with Crippen molar-refractivity contribution >= 4 is 12.1 Å². The number of hydrogen-bond donors (Lipinski definition) is 2. The van der Waals surface area contributed by atoms with E-state index in [-0.39, 0.29) is 12.5 Å². The molecule has 114 valence electrons. The molecule has 1 aromatic rings. The average molecular weight is 293 g/mol. The fourth-order valence-electron chi connectivity index (χ4n) is 2.94. The molecule has 2 rings (SSSR count). The highest BCUT2D eigenvalue weighted by Crippen LogP contribution is 2.43. The number of aliphatic carboxylic acids is 1. The lowest BCUT2D eigenvalue weighted by molar-refractivity contribution is -0.152. The summed E-state index contributed by atoms with van der Waals surface area (Å²) in [6.07, 6.45) is -0.586. The summed E-state index contributed by atoms with van der Waals surface area (Å²) in [5, 5.41) is 18.7. The van der Waals surface area contributed by atoms with Crippen LogP contribution < -0.4 is 4.74 Å². The summed E-state index contributed by atoms with van der Waals surface area (Å²) in [5.41, 5.74) is -0.239. The molecule has 1 saturated heterocycles. The molecule has 0 radical (unpaired) electrons. The van der Waals surface area contributed by atoms with Crippen LogP contribution in [-0.4, -0.2) is 47.4 Å². The van der Waals surface area contributed by atoms with Gasteiger partial charge in [0.2, 0.25) is 0 Å². The first kappa shape index (κ1) is 15.2. The van der Waals surface area contributed by atoms with E-state index in [0.717, 1.165) is 5.56 Å². The lowest BCUT2D eigenvalue weighted by Gasteiger charge is -2.42. The van der Waals surface area contributed by atoms with Crippen molar-refractivity contribution in [2.75, 3.05) is 20.2 Å². The number of methoxy groups -OCH3 is 1. The quantitative estimate of drug-likeness (QED) is 0.892. The zero-order valence-electron chi connectivity index (χ0n) is 12.1. The molecular formula is C15H19NO5. The number of hydrogen-bond acceptors (Lipinski definition) is 3. The summed E-state index contributed by atoms with van der Waals surface area (Å²) >= 11 is 0. The minimum Gasteiger partial charge on any atom is -0.497 e. The average Bonchev–Trinajstić information content (AvgIpc) is 2.47. The van der Waals surface area contributed by atoms with Crippen LogP contribution in [0.4, 0.5) is 4.79 Å². The number of carboxylic acid groups (broad SMARTS) is 2. The minimum absolute atomic E-state index is 0.00559. The number of nitrogens with zero attached hydrogens (tertiary/aromatic N) is 1. The molecule has 0 spiro atoms. The summed E-state index contributed by atoms with van der Waals surface area (Å²) in [6, 6.07) is 7.28. The summed E-state index contributed by atoms with van der Waals surface area (Å²) in [7, 11) is 1.57. The first-order valence-corrected chi connectivity index (χ1v) is 6.73. The van der Waals surface area contributed by atoms with Gasteiger partial charge in [0.25, 0.3) is 0 Å². The maximum Gasteiger partial charge on any atom is 0.407 e. The number of piperidine rings is 1. The molecule has 0 aromatic heterocycles. The molecule has 0 bridgehead atoms. The summed E-state index contributed by atoms with van der Waals surface area (Å²) in [5.74, 6) is -0.496. The van der Waals surface area contributed by atoms with Gasteiger partial charge in [-0.3, -0.25) is 4.79 Å². The van der Waals surface area contributed by atoms with E-state index >= 15 is 0 Å². The van der Waals surface area contributed by atoms with Crippen molar-refractivity contribution in [1.82, 2.24) is 4.90 Å². The van der Waals surface area contributed by atoms with Crippen LogP contribution in [0.15, 0.2) is 24.3 Å². The lowest BCUT2D eigenvalue weighted by Crippen LogP contribution is -2.51. The summed E-state index contributed by atoms with van der Waals surface area (Å²) in [4.78, 5) is 24.0. The zero-order chi connectivity index (χ0) is 15.6. The van der Waals surface area contributed by atoms with E-state index in [1.165, 1.54) is 4.90 Å². The van der Waals surface area contributed by atoms with Crippen LogP contribution in [0.3, 0.4) is 0 Å². The molecule has 1 aromatic carbocycles. The number of rotatable bonds is 3. The molecule has 2 N–H and O–H groups in total. The number of likely N-dealkylation sites (tertiary alicyclic amines) is 1. The fourth-order valence-corrected chi connectivity index (χ4v) is 2.94. The predicted molar refractivity (Wildman–Crippen MR) is 75.7 cm³/mol. The van der Waals surface area contributed by atoms with E-state index in [4.69, 9.17) is 9.84 Å². The number of benzene rings is 1. The highest BCUT2D eigenvalue weighted by molar-refractivity contribution is 5.77. The normalized spacial score (nSPS) is 25.4. The molecule has 1 aliphatic heterocycles. The molecule has 1 fully saturated rings. The van der Waals surface area contributed by atoms with Crippen molar-refractivity contribution in [3.05, 3.63) is 29.8 Å². The van der Waals surface area contributed by atoms with Crippen LogP contribution in [0.25, 0.3) is 0 Å². The van der Waals surface area contributed by atoms with E-state index < -0.39 is 17.5 Å². The third kappa shape index (κ3) is 2.79. The molecule has 1 heterocycles. The molecule has 0 unspecified atom stereocenters. The maximum atomic E-state index is 11.7. The largest absolute Gasteiger partial charge is 0.497 e. The van der Waals surface area contributed by atoms with Gasteiger partial charge in [0.1, 0.15) is 5.75 Å². The van der Waals surface area contributed by atoms with Crippen LogP contribution in [0.5, 0.6) is 5.75 Å². The molecule has 0 saturated carbocycles. The van der Waals surface area contributed by atoms with E-state index in [1.807, 2.05) is 12.1 Å². The Morgan fingerprint density at radius 3 is 2.38 bits per heavy atom. The topological polar surface area (TPSA) is 87.1 Å². The number of carbonyl (C=O) groups is 2. The SMILES string of the molecule is COc1ccc([C@@H]2CCN(C(=O)O)C[C@]2(C)C(=O)O)cc1. The molecule has 6 heteroatoms. The van der Waals surface area contributed by atoms with Crippen molar-refractivity contribution in [1.29, 1.82) is 0 Å². The van der Waals surface area contributed by atoms with Gasteiger partial charge in [-0.25, -0.2) is 4.79 Å². The van der Waals surface area contributed by atoms with E-state index in [1.54, 1.807) is 26.2 Å². The van der Waals surface area contributed by atoms with Crippen LogP contribution in [0.1, 0.15) is 24.8 Å². The first-order chi connectivity index (χ1) is 9.88. The van der Waals surface area contributed by atoms with Crippen molar-refractivity contribution in [3.63, 3.8) is 0 Å². The van der Waals surface area contributed by atoms with E-state index in [9.17, 15) is 14.7 Å². The Morgan fingerprint density at radius 2 is 1.90 bits per heavy atom. The van der Waals surface area contributed by atoms with Gasteiger partial charge in [-0.2, -0.15) is 0 Å². The second-order valence-electron chi connectivity index (χ2n) is 5.54.